The Morgan fingerprint density at radius 1 is 1.06 bits per heavy atom. The van der Waals surface area contributed by atoms with Gasteiger partial charge in [-0.3, -0.25) is 9.59 Å². The number of rotatable bonds is 6. The second-order valence-electron chi connectivity index (χ2n) is 6.93. The quantitative estimate of drug-likeness (QED) is 0.571. The lowest BCUT2D eigenvalue weighted by Crippen LogP contribution is -2.26. The number of nitrogens with one attached hydrogen (secondary N) is 1. The van der Waals surface area contributed by atoms with Crippen molar-refractivity contribution in [2.75, 3.05) is 23.4 Å². The Hall–Kier alpha value is -3.58. The Morgan fingerprint density at radius 2 is 1.84 bits per heavy atom. The van der Waals surface area contributed by atoms with Gasteiger partial charge in [0.15, 0.2) is 6.61 Å². The van der Waals surface area contributed by atoms with Crippen LogP contribution in [0.2, 0.25) is 5.02 Å². The van der Waals surface area contributed by atoms with Gasteiger partial charge in [0.25, 0.3) is 5.91 Å². The van der Waals surface area contributed by atoms with Crippen LogP contribution in [-0.2, 0) is 14.3 Å². The van der Waals surface area contributed by atoms with Crippen LogP contribution in [0.15, 0.2) is 65.1 Å². The highest BCUT2D eigenvalue weighted by Gasteiger charge is 2.24. The van der Waals surface area contributed by atoms with E-state index in [1.807, 2.05) is 0 Å². The zero-order valence-electron chi connectivity index (χ0n) is 16.5. The maximum atomic E-state index is 12.3. The fourth-order valence-electron chi connectivity index (χ4n) is 3.36. The maximum Gasteiger partial charge on any atom is 0.374 e. The van der Waals surface area contributed by atoms with E-state index in [2.05, 4.69) is 5.32 Å². The molecule has 1 aliphatic rings. The smallest absolute Gasteiger partial charge is 0.374 e. The molecule has 1 aliphatic heterocycles. The number of halogens is 1. The van der Waals surface area contributed by atoms with Crippen molar-refractivity contribution in [1.29, 1.82) is 0 Å². The van der Waals surface area contributed by atoms with E-state index in [0.29, 0.717) is 40.7 Å². The largest absolute Gasteiger partial charge is 0.450 e. The molecule has 2 heterocycles. The highest BCUT2D eigenvalue weighted by atomic mass is 35.5. The van der Waals surface area contributed by atoms with E-state index in [0.717, 1.165) is 6.42 Å². The van der Waals surface area contributed by atoms with Crippen LogP contribution >= 0.6 is 11.6 Å². The number of carbonyl (C=O) groups is 3. The molecule has 4 rings (SSSR count). The van der Waals surface area contributed by atoms with Crippen molar-refractivity contribution in [3.8, 4) is 11.3 Å². The van der Waals surface area contributed by atoms with Crippen molar-refractivity contribution in [3.05, 3.63) is 71.4 Å². The van der Waals surface area contributed by atoms with Gasteiger partial charge in [-0.2, -0.15) is 0 Å². The molecule has 1 fully saturated rings. The van der Waals surface area contributed by atoms with Crippen molar-refractivity contribution in [3.63, 3.8) is 0 Å². The third-order valence-corrected chi connectivity index (χ3v) is 5.15. The summed E-state index contributed by atoms with van der Waals surface area (Å²) < 4.78 is 10.6. The Morgan fingerprint density at radius 3 is 2.61 bits per heavy atom. The van der Waals surface area contributed by atoms with Crippen LogP contribution in [0.3, 0.4) is 0 Å². The molecule has 2 amide bonds. The highest BCUT2D eigenvalue weighted by molar-refractivity contribution is 6.33. The second kappa shape index (κ2) is 9.06. The summed E-state index contributed by atoms with van der Waals surface area (Å²) >= 11 is 6.14. The number of anilines is 2. The summed E-state index contributed by atoms with van der Waals surface area (Å²) in [6.45, 7) is 0.107. The number of ether oxygens (including phenoxy) is 1. The number of para-hydroxylation sites is 2. The van der Waals surface area contributed by atoms with E-state index in [4.69, 9.17) is 20.8 Å². The molecule has 0 bridgehead atoms. The fraction of sp³-hybridized carbons (Fsp3) is 0.174. The molecule has 1 N–H and O–H groups in total. The van der Waals surface area contributed by atoms with E-state index in [9.17, 15) is 14.4 Å². The molecule has 8 heteroatoms. The van der Waals surface area contributed by atoms with Crippen LogP contribution in [-0.4, -0.2) is 30.9 Å². The van der Waals surface area contributed by atoms with E-state index in [1.54, 1.807) is 59.5 Å². The summed E-state index contributed by atoms with van der Waals surface area (Å²) in [7, 11) is 0. The van der Waals surface area contributed by atoms with Gasteiger partial charge in [-0.25, -0.2) is 4.79 Å². The lowest BCUT2D eigenvalue weighted by molar-refractivity contribution is -0.119. The summed E-state index contributed by atoms with van der Waals surface area (Å²) in [6.07, 6.45) is 1.26. The van der Waals surface area contributed by atoms with Crippen LogP contribution < -0.4 is 10.2 Å². The first kappa shape index (κ1) is 20.7. The molecule has 0 aliphatic carbocycles. The van der Waals surface area contributed by atoms with Gasteiger partial charge >= 0.3 is 5.97 Å². The number of amides is 2. The van der Waals surface area contributed by atoms with E-state index < -0.39 is 18.5 Å². The number of carbonyl (C=O) groups excluding carboxylic acids is 3. The van der Waals surface area contributed by atoms with Gasteiger partial charge in [0.1, 0.15) is 5.76 Å². The van der Waals surface area contributed by atoms with Crippen LogP contribution in [0.25, 0.3) is 11.3 Å². The minimum Gasteiger partial charge on any atom is -0.450 e. The Balaban J connectivity index is 1.37. The van der Waals surface area contributed by atoms with Gasteiger partial charge in [0.05, 0.1) is 16.4 Å². The summed E-state index contributed by atoms with van der Waals surface area (Å²) in [4.78, 5) is 38.3. The molecular weight excluding hydrogens is 420 g/mol. The molecule has 158 valence electrons. The molecule has 2 aromatic carbocycles. The SMILES string of the molecule is O=C(COC(=O)c1ccc(-c2ccccc2Cl)o1)Nc1ccccc1N1CCCC1=O. The van der Waals surface area contributed by atoms with Gasteiger partial charge < -0.3 is 19.4 Å². The first-order chi connectivity index (χ1) is 15.0. The summed E-state index contributed by atoms with van der Waals surface area (Å²) in [5, 5.41) is 3.19. The van der Waals surface area contributed by atoms with Crippen molar-refractivity contribution >= 4 is 40.8 Å². The summed E-state index contributed by atoms with van der Waals surface area (Å²) in [6, 6.07) is 17.2. The predicted molar refractivity (Wildman–Crippen MR) is 116 cm³/mol. The molecule has 3 aromatic rings. The lowest BCUT2D eigenvalue weighted by Gasteiger charge is -2.19. The number of benzene rings is 2. The number of hydrogen-bond donors (Lipinski definition) is 1. The zero-order valence-corrected chi connectivity index (χ0v) is 17.2. The monoisotopic (exact) mass is 438 g/mol. The van der Waals surface area contributed by atoms with E-state index >= 15 is 0 Å². The molecule has 0 spiro atoms. The minimum absolute atomic E-state index is 0.0141. The minimum atomic E-state index is -0.767. The van der Waals surface area contributed by atoms with Crippen LogP contribution in [0.1, 0.15) is 23.4 Å². The van der Waals surface area contributed by atoms with Crippen molar-refractivity contribution in [1.82, 2.24) is 0 Å². The predicted octanol–water partition coefficient (Wildman–Crippen LogP) is 4.52. The zero-order chi connectivity index (χ0) is 21.8. The van der Waals surface area contributed by atoms with Crippen LogP contribution in [0.4, 0.5) is 11.4 Å². The maximum absolute atomic E-state index is 12.3. The summed E-state index contributed by atoms with van der Waals surface area (Å²) in [5.74, 6) is -0.890. The molecule has 0 unspecified atom stereocenters. The van der Waals surface area contributed by atoms with Crippen molar-refractivity contribution < 1.29 is 23.5 Å². The molecule has 0 radical (unpaired) electrons. The number of nitrogens with zero attached hydrogens (tertiary/aromatic N) is 1. The first-order valence-corrected chi connectivity index (χ1v) is 10.1. The molecule has 7 nitrogen and oxygen atoms in total. The number of esters is 1. The van der Waals surface area contributed by atoms with Crippen LogP contribution in [0, 0.1) is 0 Å². The molecule has 1 saturated heterocycles. The third kappa shape index (κ3) is 4.62. The standard InChI is InChI=1S/C23H19ClN2O5/c24-16-7-2-1-6-15(16)19-11-12-20(31-19)23(29)30-14-21(27)25-17-8-3-4-9-18(17)26-13-5-10-22(26)28/h1-4,6-9,11-12H,5,10,13-14H2,(H,25,27). The van der Waals surface area contributed by atoms with Crippen LogP contribution in [0.5, 0.6) is 0 Å². The average molecular weight is 439 g/mol. The molecule has 0 saturated carbocycles. The highest BCUT2D eigenvalue weighted by Crippen LogP contribution is 2.30. The second-order valence-corrected chi connectivity index (χ2v) is 7.34. The number of furan rings is 1. The molecule has 1 aromatic heterocycles. The van der Waals surface area contributed by atoms with E-state index in [-0.39, 0.29) is 11.7 Å². The van der Waals surface area contributed by atoms with Crippen molar-refractivity contribution in [2.45, 2.75) is 12.8 Å². The average Bonchev–Trinajstić information content (AvgIpc) is 3.42. The van der Waals surface area contributed by atoms with Gasteiger partial charge in [-0.15, -0.1) is 0 Å². The van der Waals surface area contributed by atoms with Crippen molar-refractivity contribution in [2.24, 2.45) is 0 Å². The van der Waals surface area contributed by atoms with E-state index in [1.165, 1.54) is 6.07 Å². The number of hydrogen-bond acceptors (Lipinski definition) is 5. The van der Waals surface area contributed by atoms with Gasteiger partial charge in [-0.05, 0) is 42.8 Å². The third-order valence-electron chi connectivity index (χ3n) is 4.82. The lowest BCUT2D eigenvalue weighted by atomic mass is 10.2. The normalized spacial score (nSPS) is 13.3. The molecule has 31 heavy (non-hydrogen) atoms. The topological polar surface area (TPSA) is 88.8 Å². The Bertz CT molecular complexity index is 1140. The first-order valence-electron chi connectivity index (χ1n) is 9.74. The molecule has 0 atom stereocenters. The van der Waals surface area contributed by atoms with Gasteiger partial charge in [0.2, 0.25) is 11.7 Å². The Kier molecular flexibility index (Phi) is 6.04. The fourth-order valence-corrected chi connectivity index (χ4v) is 3.59. The van der Waals surface area contributed by atoms with Gasteiger partial charge in [-0.1, -0.05) is 35.9 Å². The molecular formula is C23H19ClN2O5. The Labute approximate surface area is 183 Å². The summed E-state index contributed by atoms with van der Waals surface area (Å²) in [5.41, 5.74) is 1.76. The van der Waals surface area contributed by atoms with Gasteiger partial charge in [0, 0.05) is 18.5 Å².